The summed E-state index contributed by atoms with van der Waals surface area (Å²) < 4.78 is 26.0. The van der Waals surface area contributed by atoms with E-state index < -0.39 is 10.0 Å². The minimum absolute atomic E-state index is 0.0375. The lowest BCUT2D eigenvalue weighted by Crippen LogP contribution is -2.14. The van der Waals surface area contributed by atoms with Gasteiger partial charge in [-0.15, -0.1) is 0 Å². The molecule has 2 aliphatic carbocycles. The number of carbonyl (C=O) groups is 1. The van der Waals surface area contributed by atoms with Crippen LogP contribution in [-0.2, 0) is 27.7 Å². The van der Waals surface area contributed by atoms with Crippen molar-refractivity contribution in [3.63, 3.8) is 0 Å². The molecule has 1 heterocycles. The van der Waals surface area contributed by atoms with Gasteiger partial charge in [0.1, 0.15) is 5.78 Å². The van der Waals surface area contributed by atoms with E-state index >= 15 is 0 Å². The first kappa shape index (κ1) is 17.9. The van der Waals surface area contributed by atoms with Gasteiger partial charge in [-0.1, -0.05) is 24.3 Å². The van der Waals surface area contributed by atoms with Gasteiger partial charge >= 0.3 is 0 Å². The predicted octanol–water partition coefficient (Wildman–Crippen LogP) is 3.60. The van der Waals surface area contributed by atoms with E-state index in [1.165, 1.54) is 0 Å². The number of anilines is 1. The van der Waals surface area contributed by atoms with E-state index in [0.29, 0.717) is 12.1 Å². The van der Waals surface area contributed by atoms with E-state index in [1.807, 2.05) is 18.2 Å². The molecule has 0 radical (unpaired) electrons. The minimum Gasteiger partial charge on any atom is -0.299 e. The molecule has 1 fully saturated rings. The van der Waals surface area contributed by atoms with Crippen LogP contribution < -0.4 is 4.72 Å². The molecule has 0 bridgehead atoms. The van der Waals surface area contributed by atoms with Crippen molar-refractivity contribution in [2.75, 3.05) is 10.5 Å². The summed E-state index contributed by atoms with van der Waals surface area (Å²) in [5.41, 5.74) is 5.48. The maximum Gasteiger partial charge on any atom is 0.232 e. The monoisotopic (exact) mass is 382 g/mol. The van der Waals surface area contributed by atoms with Crippen molar-refractivity contribution in [1.82, 2.24) is 4.98 Å². The van der Waals surface area contributed by atoms with Crippen LogP contribution in [-0.4, -0.2) is 24.9 Å². The number of hydrogen-bond acceptors (Lipinski definition) is 4. The second-order valence-corrected chi connectivity index (χ2v) is 9.14. The number of benzene rings is 1. The number of nitrogens with one attached hydrogen (secondary N) is 1. The molecule has 0 aliphatic heterocycles. The predicted molar refractivity (Wildman–Crippen MR) is 107 cm³/mol. The highest BCUT2D eigenvalue weighted by molar-refractivity contribution is 7.92. The lowest BCUT2D eigenvalue weighted by atomic mass is 9.97. The Hall–Kier alpha value is -2.47. The second-order valence-electron chi connectivity index (χ2n) is 7.13. The number of pyridine rings is 1. The molecule has 1 aromatic heterocycles. The fourth-order valence-electron chi connectivity index (χ4n) is 3.32. The van der Waals surface area contributed by atoms with E-state index in [2.05, 4.69) is 16.9 Å². The van der Waals surface area contributed by atoms with E-state index in [1.54, 1.807) is 19.1 Å². The number of hydrogen-bond donors (Lipinski definition) is 1. The summed E-state index contributed by atoms with van der Waals surface area (Å²) in [6.45, 7) is 1.60. The Kier molecular flexibility index (Phi) is 4.60. The first-order chi connectivity index (χ1) is 12.9. The third-order valence-electron chi connectivity index (χ3n) is 5.02. The van der Waals surface area contributed by atoms with Crippen molar-refractivity contribution in [2.45, 2.75) is 32.6 Å². The van der Waals surface area contributed by atoms with Crippen LogP contribution >= 0.6 is 0 Å². The van der Waals surface area contributed by atoms with Crippen molar-refractivity contribution in [3.8, 4) is 11.1 Å². The molecule has 4 rings (SSSR count). The van der Waals surface area contributed by atoms with Gasteiger partial charge < -0.3 is 0 Å². The normalized spacial score (nSPS) is 15.6. The molecule has 6 heteroatoms. The Balaban J connectivity index is 1.65. The molecular formula is C21H22N2O3S. The third kappa shape index (κ3) is 3.95. The molecule has 1 N–H and O–H groups in total. The number of rotatable bonds is 7. The Morgan fingerprint density at radius 3 is 2.63 bits per heavy atom. The number of fused-ring (bicyclic) bond motifs is 1. The molecule has 27 heavy (non-hydrogen) atoms. The van der Waals surface area contributed by atoms with Crippen LogP contribution in [0.15, 0.2) is 36.4 Å². The summed E-state index contributed by atoms with van der Waals surface area (Å²) in [4.78, 5) is 16.9. The van der Waals surface area contributed by atoms with Crippen molar-refractivity contribution in [3.05, 3.63) is 53.4 Å². The van der Waals surface area contributed by atoms with Gasteiger partial charge in [-0.25, -0.2) is 8.42 Å². The van der Waals surface area contributed by atoms with Crippen molar-refractivity contribution in [2.24, 2.45) is 5.92 Å². The topological polar surface area (TPSA) is 76.1 Å². The lowest BCUT2D eigenvalue weighted by Gasteiger charge is -2.12. The summed E-state index contributed by atoms with van der Waals surface area (Å²) >= 11 is 0. The maximum atomic E-state index is 12.2. The lowest BCUT2D eigenvalue weighted by molar-refractivity contribution is -0.119. The van der Waals surface area contributed by atoms with Crippen LogP contribution in [0.2, 0.25) is 0 Å². The van der Waals surface area contributed by atoms with E-state index in [4.69, 9.17) is 4.98 Å². The Bertz CT molecular complexity index is 1020. The summed E-state index contributed by atoms with van der Waals surface area (Å²) in [7, 11) is -3.29. The van der Waals surface area contributed by atoms with Gasteiger partial charge in [0.15, 0.2) is 0 Å². The number of aromatic nitrogens is 1. The second kappa shape index (κ2) is 6.93. The number of carbonyl (C=O) groups excluding carboxylic acids is 1. The summed E-state index contributed by atoms with van der Waals surface area (Å²) in [5.74, 6) is 0.548. The molecular weight excluding hydrogens is 360 g/mol. The van der Waals surface area contributed by atoms with Crippen molar-refractivity contribution >= 4 is 27.6 Å². The van der Waals surface area contributed by atoms with Gasteiger partial charge in [-0.05, 0) is 49.1 Å². The van der Waals surface area contributed by atoms with Gasteiger partial charge in [-0.3, -0.25) is 14.5 Å². The van der Waals surface area contributed by atoms with Crippen LogP contribution in [0.4, 0.5) is 5.69 Å². The number of nitrogens with zero attached hydrogens (tertiary/aromatic N) is 1. The van der Waals surface area contributed by atoms with E-state index in [0.717, 1.165) is 47.3 Å². The quantitative estimate of drug-likeness (QED) is 0.794. The molecule has 0 saturated heterocycles. The maximum absolute atomic E-state index is 12.2. The highest BCUT2D eigenvalue weighted by Gasteiger charge is 2.30. The SMILES string of the molecule is CCS(=O)(=O)Nc1ccc(-c2cc(CC(=O)C3CC3)nc3c2C=CC3)cc1. The van der Waals surface area contributed by atoms with Crippen molar-refractivity contribution in [1.29, 1.82) is 0 Å². The molecule has 1 saturated carbocycles. The molecule has 0 spiro atoms. The van der Waals surface area contributed by atoms with Crippen LogP contribution in [0, 0.1) is 5.92 Å². The largest absolute Gasteiger partial charge is 0.299 e. The average Bonchev–Trinajstić information content (AvgIpc) is 3.40. The number of sulfonamides is 1. The Morgan fingerprint density at radius 1 is 1.22 bits per heavy atom. The zero-order valence-electron chi connectivity index (χ0n) is 15.2. The summed E-state index contributed by atoms with van der Waals surface area (Å²) in [6.07, 6.45) is 7.33. The molecule has 0 atom stereocenters. The molecule has 1 aromatic carbocycles. The number of allylic oxidation sites excluding steroid dienone is 1. The molecule has 140 valence electrons. The summed E-state index contributed by atoms with van der Waals surface area (Å²) in [6, 6.07) is 9.34. The molecule has 0 amide bonds. The summed E-state index contributed by atoms with van der Waals surface area (Å²) in [5, 5.41) is 0. The van der Waals surface area contributed by atoms with Gasteiger partial charge in [0.2, 0.25) is 10.0 Å². The van der Waals surface area contributed by atoms with Crippen LogP contribution in [0.1, 0.15) is 36.7 Å². The smallest absolute Gasteiger partial charge is 0.232 e. The molecule has 2 aliphatic rings. The zero-order valence-corrected chi connectivity index (χ0v) is 16.1. The standard InChI is InChI=1S/C21H22N2O3S/c1-2-27(25,26)23-16-10-8-14(9-11-16)19-12-17(13-21(24)15-6-7-15)22-20-5-3-4-18(19)20/h3-4,8-12,15,23H,2,5-7,13H2,1H3. The minimum atomic E-state index is -3.29. The Labute approximate surface area is 159 Å². The van der Waals surface area contributed by atoms with Crippen LogP contribution in [0.3, 0.4) is 0 Å². The number of Topliss-reactive ketones (excluding diaryl/α,β-unsaturated/α-hetero) is 1. The van der Waals surface area contributed by atoms with Gasteiger partial charge in [-0.2, -0.15) is 0 Å². The number of ketones is 1. The molecule has 5 nitrogen and oxygen atoms in total. The highest BCUT2D eigenvalue weighted by Crippen LogP contribution is 2.34. The third-order valence-corrected chi connectivity index (χ3v) is 6.33. The molecule has 0 unspecified atom stereocenters. The van der Waals surface area contributed by atoms with Gasteiger partial charge in [0, 0.05) is 35.7 Å². The zero-order chi connectivity index (χ0) is 19.0. The first-order valence-electron chi connectivity index (χ1n) is 9.28. The van der Waals surface area contributed by atoms with Crippen LogP contribution in [0.5, 0.6) is 0 Å². The Morgan fingerprint density at radius 2 is 1.96 bits per heavy atom. The molecule has 2 aromatic rings. The van der Waals surface area contributed by atoms with Crippen LogP contribution in [0.25, 0.3) is 17.2 Å². The average molecular weight is 382 g/mol. The van der Waals surface area contributed by atoms with E-state index in [9.17, 15) is 13.2 Å². The fraction of sp³-hybridized carbons (Fsp3) is 0.333. The first-order valence-corrected chi connectivity index (χ1v) is 10.9. The van der Waals surface area contributed by atoms with Gasteiger partial charge in [0.25, 0.3) is 0 Å². The fourth-order valence-corrected chi connectivity index (χ4v) is 3.96. The van der Waals surface area contributed by atoms with Gasteiger partial charge in [0.05, 0.1) is 11.4 Å². The van der Waals surface area contributed by atoms with Crippen molar-refractivity contribution < 1.29 is 13.2 Å². The van der Waals surface area contributed by atoms with E-state index in [-0.39, 0.29) is 17.5 Å². The highest BCUT2D eigenvalue weighted by atomic mass is 32.2.